The van der Waals surface area contributed by atoms with Crippen LogP contribution in [-0.2, 0) is 15.9 Å². The Morgan fingerprint density at radius 3 is 2.76 bits per heavy atom. The van der Waals surface area contributed by atoms with Crippen molar-refractivity contribution in [3.05, 3.63) is 17.8 Å². The molecule has 1 aromatic rings. The number of carbonyl (C=O) groups excluding carboxylic acids is 1. The minimum Gasteiger partial charge on any atom is -0.489 e. The van der Waals surface area contributed by atoms with Gasteiger partial charge < -0.3 is 24.4 Å². The van der Waals surface area contributed by atoms with Crippen molar-refractivity contribution in [1.82, 2.24) is 15.2 Å². The van der Waals surface area contributed by atoms with Gasteiger partial charge in [0.15, 0.2) is 11.6 Å². The van der Waals surface area contributed by atoms with Crippen molar-refractivity contribution >= 4 is 11.9 Å². The Bertz CT molecular complexity index is 785. The molecule has 182 valence electrons. The Morgan fingerprint density at radius 1 is 1.12 bits per heavy atom. The molecule has 8 nitrogen and oxygen atoms in total. The van der Waals surface area contributed by atoms with Crippen LogP contribution >= 0.6 is 0 Å². The van der Waals surface area contributed by atoms with E-state index in [2.05, 4.69) is 26.2 Å². The van der Waals surface area contributed by atoms with Crippen molar-refractivity contribution in [2.45, 2.75) is 63.5 Å². The van der Waals surface area contributed by atoms with Crippen LogP contribution in [0.4, 0.5) is 10.6 Å². The van der Waals surface area contributed by atoms with Gasteiger partial charge in [0.25, 0.3) is 0 Å². The second-order valence-electron chi connectivity index (χ2n) is 9.95. The highest BCUT2D eigenvalue weighted by Crippen LogP contribution is 2.34. The molecule has 1 saturated carbocycles. The normalized spacial score (nSPS) is 28.1. The van der Waals surface area contributed by atoms with Crippen molar-refractivity contribution < 1.29 is 19.0 Å². The first-order valence-corrected chi connectivity index (χ1v) is 12.9. The molecule has 5 rings (SSSR count). The molecule has 2 saturated heterocycles. The third-order valence-electron chi connectivity index (χ3n) is 7.67. The molecule has 3 fully saturated rings. The molecule has 1 aliphatic carbocycles. The van der Waals surface area contributed by atoms with Crippen LogP contribution in [0.25, 0.3) is 0 Å². The number of carbonyl (C=O) groups is 1. The van der Waals surface area contributed by atoms with E-state index < -0.39 is 0 Å². The maximum atomic E-state index is 12.2. The number of rotatable bonds is 6. The van der Waals surface area contributed by atoms with E-state index >= 15 is 0 Å². The van der Waals surface area contributed by atoms with E-state index in [-0.39, 0.29) is 18.2 Å². The molecule has 0 aromatic carbocycles. The predicted molar refractivity (Wildman–Crippen MR) is 126 cm³/mol. The molecule has 33 heavy (non-hydrogen) atoms. The number of hydrogen-bond donors (Lipinski definition) is 1. The lowest BCUT2D eigenvalue weighted by molar-refractivity contribution is -0.0175. The van der Waals surface area contributed by atoms with Crippen LogP contribution < -0.4 is 15.0 Å². The Hall–Kier alpha value is -2.06. The van der Waals surface area contributed by atoms with Crippen LogP contribution in [0.15, 0.2) is 12.3 Å². The zero-order valence-electron chi connectivity index (χ0n) is 19.7. The van der Waals surface area contributed by atoms with Crippen LogP contribution in [0, 0.1) is 5.92 Å². The van der Waals surface area contributed by atoms with Gasteiger partial charge in [0.1, 0.15) is 6.10 Å². The maximum Gasteiger partial charge on any atom is 0.407 e. The van der Waals surface area contributed by atoms with E-state index in [4.69, 9.17) is 14.2 Å². The summed E-state index contributed by atoms with van der Waals surface area (Å²) in [7, 11) is 0. The lowest BCUT2D eigenvalue weighted by Gasteiger charge is -2.37. The molecular formula is C25H38N4O4. The van der Waals surface area contributed by atoms with E-state index in [9.17, 15) is 4.79 Å². The summed E-state index contributed by atoms with van der Waals surface area (Å²) in [6.07, 6.45) is 10.2. The van der Waals surface area contributed by atoms with Gasteiger partial charge in [-0.25, -0.2) is 9.78 Å². The number of amides is 1. The number of alkyl carbamates (subject to hydrolysis) is 1. The Balaban J connectivity index is 0.980. The minimum absolute atomic E-state index is 0.0818. The standard InChI is InChI=1S/C25H38N4O4/c30-25(33-22-2-1-16-31-18-22)27-21-5-3-19(4-6-21)8-11-28-12-14-29(15-13-28)24-23-20(7-10-26-24)9-17-32-23/h7,10,19,21-22H,1-6,8-9,11-18H2,(H,27,30)/t19-,21-,22?. The molecule has 1 N–H and O–H groups in total. The first-order valence-electron chi connectivity index (χ1n) is 12.9. The summed E-state index contributed by atoms with van der Waals surface area (Å²) in [5.41, 5.74) is 1.30. The molecule has 4 heterocycles. The van der Waals surface area contributed by atoms with Gasteiger partial charge in [0.2, 0.25) is 0 Å². The number of nitrogens with zero attached hydrogens (tertiary/aromatic N) is 3. The molecule has 1 unspecified atom stereocenters. The second-order valence-corrected chi connectivity index (χ2v) is 9.95. The van der Waals surface area contributed by atoms with Gasteiger partial charge in [-0.15, -0.1) is 0 Å². The Labute approximate surface area is 196 Å². The van der Waals surface area contributed by atoms with E-state index in [1.165, 1.54) is 24.8 Å². The van der Waals surface area contributed by atoms with Gasteiger partial charge in [-0.3, -0.25) is 4.90 Å². The van der Waals surface area contributed by atoms with Gasteiger partial charge in [-0.1, -0.05) is 0 Å². The topological polar surface area (TPSA) is 76.2 Å². The molecular weight excluding hydrogens is 420 g/mol. The van der Waals surface area contributed by atoms with Gasteiger partial charge in [-0.05, 0) is 63.5 Å². The predicted octanol–water partition coefficient (Wildman–Crippen LogP) is 2.99. The van der Waals surface area contributed by atoms with Crippen LogP contribution in [-0.4, -0.2) is 80.7 Å². The zero-order chi connectivity index (χ0) is 22.5. The maximum absolute atomic E-state index is 12.2. The molecule has 3 aliphatic heterocycles. The molecule has 1 aromatic heterocycles. The summed E-state index contributed by atoms with van der Waals surface area (Å²) in [5.74, 6) is 2.80. The highest BCUT2D eigenvalue weighted by atomic mass is 16.6. The lowest BCUT2D eigenvalue weighted by Crippen LogP contribution is -2.47. The quantitative estimate of drug-likeness (QED) is 0.702. The van der Waals surface area contributed by atoms with Gasteiger partial charge in [0, 0.05) is 57.0 Å². The number of pyridine rings is 1. The minimum atomic E-state index is -0.268. The fourth-order valence-corrected chi connectivity index (χ4v) is 5.62. The Morgan fingerprint density at radius 2 is 1.97 bits per heavy atom. The van der Waals surface area contributed by atoms with Crippen molar-refractivity contribution in [1.29, 1.82) is 0 Å². The first kappa shape index (κ1) is 22.7. The number of aromatic nitrogens is 1. The summed E-state index contributed by atoms with van der Waals surface area (Å²) in [5, 5.41) is 3.08. The van der Waals surface area contributed by atoms with Crippen LogP contribution in [0.3, 0.4) is 0 Å². The number of ether oxygens (including phenoxy) is 3. The molecule has 1 atom stereocenters. The summed E-state index contributed by atoms with van der Waals surface area (Å²) < 4.78 is 16.8. The first-order chi connectivity index (χ1) is 16.2. The Kier molecular flexibility index (Phi) is 7.51. The fraction of sp³-hybridized carbons (Fsp3) is 0.760. The van der Waals surface area contributed by atoms with Crippen molar-refractivity contribution in [3.63, 3.8) is 0 Å². The van der Waals surface area contributed by atoms with Crippen LogP contribution in [0.2, 0.25) is 0 Å². The largest absolute Gasteiger partial charge is 0.489 e. The average molecular weight is 459 g/mol. The summed E-state index contributed by atoms with van der Waals surface area (Å²) in [6, 6.07) is 2.34. The molecule has 0 bridgehead atoms. The highest BCUT2D eigenvalue weighted by molar-refractivity contribution is 5.67. The molecule has 8 heteroatoms. The summed E-state index contributed by atoms with van der Waals surface area (Å²) in [6.45, 7) is 7.45. The fourth-order valence-electron chi connectivity index (χ4n) is 5.62. The van der Waals surface area contributed by atoms with Crippen molar-refractivity contribution in [2.24, 2.45) is 5.92 Å². The summed E-state index contributed by atoms with van der Waals surface area (Å²) >= 11 is 0. The molecule has 1 amide bonds. The van der Waals surface area contributed by atoms with E-state index in [0.29, 0.717) is 6.61 Å². The summed E-state index contributed by atoms with van der Waals surface area (Å²) in [4.78, 5) is 21.8. The molecule has 4 aliphatic rings. The SMILES string of the molecule is O=C(N[C@H]1CC[C@H](CCN2CCN(c3nccc4c3OCC4)CC2)CC1)OC1CCCOC1. The van der Waals surface area contributed by atoms with E-state index in [1.54, 1.807) is 0 Å². The third-order valence-corrected chi connectivity index (χ3v) is 7.67. The monoisotopic (exact) mass is 458 g/mol. The number of hydrogen-bond acceptors (Lipinski definition) is 7. The average Bonchev–Trinajstić information content (AvgIpc) is 3.34. The smallest absolute Gasteiger partial charge is 0.407 e. The number of fused-ring (bicyclic) bond motifs is 1. The number of piperazine rings is 1. The second kappa shape index (κ2) is 10.9. The number of anilines is 1. The lowest BCUT2D eigenvalue weighted by atomic mass is 9.84. The van der Waals surface area contributed by atoms with Crippen LogP contribution in [0.5, 0.6) is 5.75 Å². The van der Waals surface area contributed by atoms with E-state index in [1.807, 2.05) is 6.20 Å². The highest BCUT2D eigenvalue weighted by Gasteiger charge is 2.27. The molecule has 0 radical (unpaired) electrons. The number of nitrogens with one attached hydrogen (secondary N) is 1. The molecule has 0 spiro atoms. The van der Waals surface area contributed by atoms with Gasteiger partial charge >= 0.3 is 6.09 Å². The van der Waals surface area contributed by atoms with E-state index in [0.717, 1.165) is 95.5 Å². The third kappa shape index (κ3) is 5.90. The zero-order valence-corrected chi connectivity index (χ0v) is 19.7. The van der Waals surface area contributed by atoms with Gasteiger partial charge in [0.05, 0.1) is 13.2 Å². The van der Waals surface area contributed by atoms with Crippen LogP contribution in [0.1, 0.15) is 50.5 Å². The van der Waals surface area contributed by atoms with Gasteiger partial charge in [-0.2, -0.15) is 0 Å². The van der Waals surface area contributed by atoms with Crippen molar-refractivity contribution in [3.8, 4) is 5.75 Å². The van der Waals surface area contributed by atoms with Crippen molar-refractivity contribution in [2.75, 3.05) is 57.4 Å².